The number of carbonyl (C=O) groups excluding carboxylic acids is 3. The van der Waals surface area contributed by atoms with Gasteiger partial charge < -0.3 is 19.4 Å². The quantitative estimate of drug-likeness (QED) is 0.750. The van der Waals surface area contributed by atoms with Crippen LogP contribution in [-0.4, -0.2) is 53.5 Å². The average Bonchev–Trinajstić information content (AvgIpc) is 2.93. The molecule has 1 aliphatic carbocycles. The number of amides is 1. The van der Waals surface area contributed by atoms with Crippen molar-refractivity contribution < 1.29 is 23.9 Å². The molecule has 1 heterocycles. The summed E-state index contributed by atoms with van der Waals surface area (Å²) >= 11 is 0. The fourth-order valence-corrected chi connectivity index (χ4v) is 3.67. The summed E-state index contributed by atoms with van der Waals surface area (Å²) in [6.07, 6.45) is 3.92. The fraction of sp³-hybridized carbons (Fsp3) is 0.667. The highest BCUT2D eigenvalue weighted by molar-refractivity contribution is 5.99. The van der Waals surface area contributed by atoms with Crippen LogP contribution >= 0.6 is 0 Å². The number of aromatic amines is 1. The largest absolute Gasteiger partial charge is 0.459 e. The molecule has 1 N–H and O–H groups in total. The van der Waals surface area contributed by atoms with Crippen molar-refractivity contribution in [2.24, 2.45) is 5.92 Å². The lowest BCUT2D eigenvalue weighted by Crippen LogP contribution is -2.41. The topological polar surface area (TPSA) is 88.7 Å². The van der Waals surface area contributed by atoms with Crippen molar-refractivity contribution in [2.45, 2.75) is 72.4 Å². The molecule has 156 valence electrons. The molecule has 28 heavy (non-hydrogen) atoms. The van der Waals surface area contributed by atoms with Gasteiger partial charge in [-0.15, -0.1) is 0 Å². The molecule has 1 aliphatic rings. The minimum atomic E-state index is -0.650. The molecule has 1 amide bonds. The summed E-state index contributed by atoms with van der Waals surface area (Å²) in [4.78, 5) is 41.7. The number of aromatic nitrogens is 1. The number of rotatable bonds is 6. The molecule has 1 aromatic heterocycles. The summed E-state index contributed by atoms with van der Waals surface area (Å²) < 4.78 is 10.4. The molecule has 0 radical (unpaired) electrons. The van der Waals surface area contributed by atoms with E-state index in [1.807, 2.05) is 0 Å². The maximum absolute atomic E-state index is 12.4. The van der Waals surface area contributed by atoms with Crippen LogP contribution in [0.2, 0.25) is 0 Å². The first kappa shape index (κ1) is 22.0. The zero-order chi connectivity index (χ0) is 21.0. The van der Waals surface area contributed by atoms with Crippen LogP contribution in [-0.2, 0) is 14.3 Å². The van der Waals surface area contributed by atoms with Crippen molar-refractivity contribution in [1.82, 2.24) is 9.88 Å². The van der Waals surface area contributed by atoms with Crippen LogP contribution in [0, 0.1) is 19.8 Å². The smallest absolute Gasteiger partial charge is 0.355 e. The Morgan fingerprint density at radius 2 is 1.71 bits per heavy atom. The highest BCUT2D eigenvalue weighted by atomic mass is 16.5. The molecule has 0 bridgehead atoms. The SMILES string of the molecule is Cc1[nH]c(C(=O)OCC(=O)N(C)C2CCC(C)CC2)c(C)c1C(=O)OC(C)C. The molecule has 1 fully saturated rings. The molecule has 0 aliphatic heterocycles. The second-order valence-corrected chi connectivity index (χ2v) is 8.07. The van der Waals surface area contributed by atoms with Gasteiger partial charge in [-0.05, 0) is 64.9 Å². The van der Waals surface area contributed by atoms with Crippen molar-refractivity contribution in [3.05, 3.63) is 22.5 Å². The molecule has 0 unspecified atom stereocenters. The molecule has 1 aromatic rings. The normalized spacial score (nSPS) is 19.4. The van der Waals surface area contributed by atoms with E-state index in [2.05, 4.69) is 11.9 Å². The fourth-order valence-electron chi connectivity index (χ4n) is 3.67. The van der Waals surface area contributed by atoms with Gasteiger partial charge in [0.15, 0.2) is 6.61 Å². The predicted octanol–water partition coefficient (Wildman–Crippen LogP) is 3.39. The monoisotopic (exact) mass is 392 g/mol. The second-order valence-electron chi connectivity index (χ2n) is 8.07. The van der Waals surface area contributed by atoms with E-state index in [1.54, 1.807) is 39.6 Å². The number of esters is 2. The minimum Gasteiger partial charge on any atom is -0.459 e. The summed E-state index contributed by atoms with van der Waals surface area (Å²) in [7, 11) is 1.76. The first-order chi connectivity index (χ1) is 13.1. The van der Waals surface area contributed by atoms with Gasteiger partial charge in [0.05, 0.1) is 11.7 Å². The first-order valence-electron chi connectivity index (χ1n) is 9.94. The number of hydrogen-bond acceptors (Lipinski definition) is 5. The Morgan fingerprint density at radius 3 is 2.29 bits per heavy atom. The first-order valence-corrected chi connectivity index (χ1v) is 9.94. The number of carbonyl (C=O) groups is 3. The summed E-state index contributed by atoms with van der Waals surface area (Å²) in [6.45, 7) is 8.80. The van der Waals surface area contributed by atoms with Crippen LogP contribution < -0.4 is 0 Å². The van der Waals surface area contributed by atoms with E-state index >= 15 is 0 Å². The van der Waals surface area contributed by atoms with E-state index in [1.165, 1.54) is 0 Å². The second kappa shape index (κ2) is 9.26. The number of H-pyrrole nitrogens is 1. The Kier molecular flexibility index (Phi) is 7.27. The number of hydrogen-bond donors (Lipinski definition) is 1. The molecule has 0 spiro atoms. The molecule has 0 saturated heterocycles. The van der Waals surface area contributed by atoms with Gasteiger partial charge in [0.1, 0.15) is 5.69 Å². The van der Waals surface area contributed by atoms with Crippen LogP contribution in [0.1, 0.15) is 78.6 Å². The lowest BCUT2D eigenvalue weighted by molar-refractivity contribution is -0.136. The highest BCUT2D eigenvalue weighted by Gasteiger charge is 2.27. The maximum Gasteiger partial charge on any atom is 0.355 e. The number of nitrogens with one attached hydrogen (secondary N) is 1. The lowest BCUT2D eigenvalue weighted by Gasteiger charge is -2.33. The summed E-state index contributed by atoms with van der Waals surface area (Å²) in [6, 6.07) is 0.203. The van der Waals surface area contributed by atoms with Crippen LogP contribution in [0.15, 0.2) is 0 Å². The standard InChI is InChI=1S/C21H32N2O5/c1-12(2)28-20(25)18-14(4)19(22-15(18)5)21(26)27-11-17(24)23(6)16-9-7-13(3)8-10-16/h12-13,16,22H,7-11H2,1-6H3. The van der Waals surface area contributed by atoms with Crippen LogP contribution in [0.3, 0.4) is 0 Å². The van der Waals surface area contributed by atoms with Gasteiger partial charge in [0.25, 0.3) is 5.91 Å². The van der Waals surface area contributed by atoms with Crippen molar-refractivity contribution in [2.75, 3.05) is 13.7 Å². The Morgan fingerprint density at radius 1 is 1.11 bits per heavy atom. The highest BCUT2D eigenvalue weighted by Crippen LogP contribution is 2.26. The number of likely N-dealkylation sites (N-methyl/N-ethyl adjacent to an activating group) is 1. The van der Waals surface area contributed by atoms with Gasteiger partial charge in [-0.3, -0.25) is 4.79 Å². The van der Waals surface area contributed by atoms with E-state index in [0.717, 1.165) is 25.7 Å². The van der Waals surface area contributed by atoms with Gasteiger partial charge in [-0.1, -0.05) is 6.92 Å². The molecule has 7 nitrogen and oxygen atoms in total. The Labute approximate surface area is 166 Å². The van der Waals surface area contributed by atoms with E-state index in [0.29, 0.717) is 22.7 Å². The predicted molar refractivity (Wildman–Crippen MR) is 105 cm³/mol. The minimum absolute atomic E-state index is 0.176. The van der Waals surface area contributed by atoms with Crippen LogP contribution in [0.4, 0.5) is 0 Å². The van der Waals surface area contributed by atoms with Gasteiger partial charge in [0, 0.05) is 18.8 Å². The van der Waals surface area contributed by atoms with Crippen molar-refractivity contribution in [1.29, 1.82) is 0 Å². The third-order valence-corrected chi connectivity index (χ3v) is 5.44. The average molecular weight is 392 g/mol. The van der Waals surface area contributed by atoms with E-state index in [-0.39, 0.29) is 30.4 Å². The zero-order valence-corrected chi connectivity index (χ0v) is 17.8. The molecular formula is C21H32N2O5. The molecule has 0 aromatic carbocycles. The summed E-state index contributed by atoms with van der Waals surface area (Å²) in [5.41, 5.74) is 1.51. The Bertz CT molecular complexity index is 729. The number of ether oxygens (including phenoxy) is 2. The lowest BCUT2D eigenvalue weighted by atomic mass is 9.87. The third-order valence-electron chi connectivity index (χ3n) is 5.44. The molecular weight excluding hydrogens is 360 g/mol. The Balaban J connectivity index is 1.97. The van der Waals surface area contributed by atoms with Crippen molar-refractivity contribution in [3.63, 3.8) is 0 Å². The van der Waals surface area contributed by atoms with Crippen molar-refractivity contribution in [3.8, 4) is 0 Å². The van der Waals surface area contributed by atoms with Gasteiger partial charge >= 0.3 is 11.9 Å². The van der Waals surface area contributed by atoms with E-state index < -0.39 is 11.9 Å². The van der Waals surface area contributed by atoms with E-state index in [9.17, 15) is 14.4 Å². The summed E-state index contributed by atoms with van der Waals surface area (Å²) in [5, 5.41) is 0. The summed E-state index contributed by atoms with van der Waals surface area (Å²) in [5.74, 6) is -0.646. The molecule has 0 atom stereocenters. The van der Waals surface area contributed by atoms with Crippen LogP contribution in [0.5, 0.6) is 0 Å². The maximum atomic E-state index is 12.4. The molecule has 2 rings (SSSR count). The third kappa shape index (κ3) is 5.14. The van der Waals surface area contributed by atoms with Gasteiger partial charge in [0.2, 0.25) is 0 Å². The van der Waals surface area contributed by atoms with E-state index in [4.69, 9.17) is 9.47 Å². The van der Waals surface area contributed by atoms with Crippen LogP contribution in [0.25, 0.3) is 0 Å². The number of aryl methyl sites for hydroxylation is 1. The Hall–Kier alpha value is -2.31. The number of nitrogens with zero attached hydrogens (tertiary/aromatic N) is 1. The molecule has 1 saturated carbocycles. The van der Waals surface area contributed by atoms with Gasteiger partial charge in [-0.25, -0.2) is 9.59 Å². The van der Waals surface area contributed by atoms with Gasteiger partial charge in [-0.2, -0.15) is 0 Å². The molecule has 7 heteroatoms. The van der Waals surface area contributed by atoms with Crippen molar-refractivity contribution >= 4 is 17.8 Å². The zero-order valence-electron chi connectivity index (χ0n) is 17.8.